The molecule has 5 rings (SSSR count). The van der Waals surface area contributed by atoms with Crippen molar-refractivity contribution in [1.82, 2.24) is 19.9 Å². The second kappa shape index (κ2) is 10.4. The number of benzene rings is 1. The number of carbonyl (C=O) groups is 1. The van der Waals surface area contributed by atoms with Crippen molar-refractivity contribution in [3.05, 3.63) is 48.2 Å². The van der Waals surface area contributed by atoms with Gasteiger partial charge in [-0.05, 0) is 31.5 Å². The predicted octanol–water partition coefficient (Wildman–Crippen LogP) is 4.38. The van der Waals surface area contributed by atoms with E-state index in [1.807, 2.05) is 11.8 Å². The predicted molar refractivity (Wildman–Crippen MR) is 131 cm³/mol. The minimum Gasteiger partial charge on any atom is -0.493 e. The van der Waals surface area contributed by atoms with Crippen LogP contribution in [0.5, 0.6) is 23.0 Å². The van der Waals surface area contributed by atoms with Crippen LogP contribution < -0.4 is 14.2 Å². The molecule has 4 heterocycles. The topological polar surface area (TPSA) is 98.8 Å². The van der Waals surface area contributed by atoms with Crippen molar-refractivity contribution in [1.29, 1.82) is 0 Å². The average Bonchev–Trinajstić information content (AvgIpc) is 3.29. The minimum absolute atomic E-state index is 0.0122. The van der Waals surface area contributed by atoms with E-state index in [0.717, 1.165) is 5.69 Å². The molecule has 1 aliphatic rings. The van der Waals surface area contributed by atoms with E-state index < -0.39 is 5.82 Å². The lowest BCUT2D eigenvalue weighted by Gasteiger charge is -2.26. The minimum atomic E-state index is -0.493. The number of nitrogens with one attached hydrogen (secondary N) is 1. The van der Waals surface area contributed by atoms with Gasteiger partial charge < -0.3 is 28.8 Å². The van der Waals surface area contributed by atoms with E-state index in [4.69, 9.17) is 18.9 Å². The van der Waals surface area contributed by atoms with E-state index in [-0.39, 0.29) is 11.7 Å². The lowest BCUT2D eigenvalue weighted by molar-refractivity contribution is -0.135. The molecule has 9 nitrogen and oxygen atoms in total. The summed E-state index contributed by atoms with van der Waals surface area (Å²) in [7, 11) is 1.54. The van der Waals surface area contributed by atoms with Crippen LogP contribution in [0.25, 0.3) is 21.9 Å². The summed E-state index contributed by atoms with van der Waals surface area (Å²) >= 11 is 0. The Balaban J connectivity index is 1.31. The zero-order valence-corrected chi connectivity index (χ0v) is 20.2. The van der Waals surface area contributed by atoms with E-state index in [1.165, 1.54) is 6.20 Å². The smallest absolute Gasteiger partial charge is 0.222 e. The number of halogens is 1. The number of morpholine rings is 1. The highest BCUT2D eigenvalue weighted by molar-refractivity contribution is 5.88. The number of aromatic amines is 1. The number of hydrogen-bond acceptors (Lipinski definition) is 7. The fourth-order valence-corrected chi connectivity index (χ4v) is 4.21. The van der Waals surface area contributed by atoms with Crippen LogP contribution in [0.1, 0.15) is 18.5 Å². The molecule has 3 aromatic heterocycles. The third-order valence-corrected chi connectivity index (χ3v) is 6.06. The maximum absolute atomic E-state index is 15.0. The maximum atomic E-state index is 15.0. The van der Waals surface area contributed by atoms with Gasteiger partial charge in [0.2, 0.25) is 5.91 Å². The summed E-state index contributed by atoms with van der Waals surface area (Å²) < 4.78 is 37.7. The number of methoxy groups -OCH3 is 1. The summed E-state index contributed by atoms with van der Waals surface area (Å²) in [5.41, 5.74) is 1.87. The lowest BCUT2D eigenvalue weighted by Crippen LogP contribution is -2.40. The Morgan fingerprint density at radius 2 is 1.94 bits per heavy atom. The largest absolute Gasteiger partial charge is 0.493 e. The number of ether oxygens (including phenoxy) is 4. The van der Waals surface area contributed by atoms with Crippen LogP contribution >= 0.6 is 0 Å². The monoisotopic (exact) mass is 494 g/mol. The standard InChI is InChI=1S/C26H27FN4O5/c1-16-12-18-25(27)23(15-29-26(18)30-16)36-20-5-6-28-19-14-22(21(33-2)13-17(19)20)35-9-3-4-24(32)31-7-10-34-11-8-31/h5-6,12-15H,3-4,7-11H2,1-2H3,(H,29,30). The van der Waals surface area contributed by atoms with Gasteiger partial charge in [0.05, 0.1) is 44.0 Å². The Hall–Kier alpha value is -3.92. The van der Waals surface area contributed by atoms with E-state index in [2.05, 4.69) is 15.0 Å². The molecule has 0 atom stereocenters. The van der Waals surface area contributed by atoms with E-state index in [0.29, 0.717) is 84.9 Å². The SMILES string of the molecule is COc1cc2c(Oc3cnc4[nH]c(C)cc4c3F)ccnc2cc1OCCCC(=O)N1CCOCC1. The zero-order chi connectivity index (χ0) is 25.1. The van der Waals surface area contributed by atoms with Gasteiger partial charge >= 0.3 is 0 Å². The van der Waals surface area contributed by atoms with E-state index >= 15 is 4.39 Å². The van der Waals surface area contributed by atoms with Crippen LogP contribution in [0, 0.1) is 12.7 Å². The van der Waals surface area contributed by atoms with Crippen molar-refractivity contribution in [2.75, 3.05) is 40.0 Å². The molecule has 10 heteroatoms. The Kier molecular flexibility index (Phi) is 6.86. The molecular formula is C26H27FN4O5. The number of nitrogens with zero attached hydrogens (tertiary/aromatic N) is 3. The van der Waals surface area contributed by atoms with Crippen molar-refractivity contribution < 1.29 is 28.1 Å². The molecule has 36 heavy (non-hydrogen) atoms. The fourth-order valence-electron chi connectivity index (χ4n) is 4.21. The Morgan fingerprint density at radius 1 is 1.11 bits per heavy atom. The highest BCUT2D eigenvalue weighted by Crippen LogP contribution is 2.38. The van der Waals surface area contributed by atoms with Gasteiger partial charge in [-0.3, -0.25) is 9.78 Å². The lowest BCUT2D eigenvalue weighted by atomic mass is 10.1. The van der Waals surface area contributed by atoms with Gasteiger partial charge in [-0.25, -0.2) is 9.37 Å². The number of hydrogen-bond donors (Lipinski definition) is 1. The number of fused-ring (bicyclic) bond motifs is 2. The summed E-state index contributed by atoms with van der Waals surface area (Å²) in [6.45, 7) is 4.62. The second-order valence-electron chi connectivity index (χ2n) is 8.53. The number of carbonyl (C=O) groups excluding carboxylic acids is 1. The number of pyridine rings is 2. The fraction of sp³-hybridized carbons (Fsp3) is 0.346. The Morgan fingerprint density at radius 3 is 2.75 bits per heavy atom. The number of aromatic nitrogens is 3. The molecular weight excluding hydrogens is 467 g/mol. The molecule has 1 aromatic carbocycles. The van der Waals surface area contributed by atoms with Gasteiger partial charge in [0.1, 0.15) is 11.4 Å². The van der Waals surface area contributed by atoms with Gasteiger partial charge in [0, 0.05) is 42.9 Å². The Bertz CT molecular complexity index is 1400. The molecule has 0 aliphatic carbocycles. The molecule has 0 radical (unpaired) electrons. The molecule has 1 amide bonds. The number of amides is 1. The van der Waals surface area contributed by atoms with Gasteiger partial charge in [0.25, 0.3) is 0 Å². The first-order chi connectivity index (χ1) is 17.5. The van der Waals surface area contributed by atoms with Crippen LogP contribution in [-0.2, 0) is 9.53 Å². The van der Waals surface area contributed by atoms with Crippen LogP contribution in [0.3, 0.4) is 0 Å². The molecule has 0 saturated carbocycles. The van der Waals surface area contributed by atoms with Crippen LogP contribution in [0.4, 0.5) is 4.39 Å². The highest BCUT2D eigenvalue weighted by Gasteiger charge is 2.18. The normalized spacial score (nSPS) is 13.8. The maximum Gasteiger partial charge on any atom is 0.222 e. The van der Waals surface area contributed by atoms with E-state index in [1.54, 1.807) is 37.6 Å². The zero-order valence-electron chi connectivity index (χ0n) is 20.2. The number of aryl methyl sites for hydroxylation is 1. The third-order valence-electron chi connectivity index (χ3n) is 6.06. The molecule has 0 spiro atoms. The van der Waals surface area contributed by atoms with Crippen molar-refractivity contribution in [3.63, 3.8) is 0 Å². The molecule has 1 N–H and O–H groups in total. The van der Waals surface area contributed by atoms with Gasteiger partial charge in [-0.2, -0.15) is 0 Å². The molecule has 1 fully saturated rings. The number of rotatable bonds is 8. The Labute approximate surface area is 207 Å². The summed E-state index contributed by atoms with van der Waals surface area (Å²) in [6, 6.07) is 6.84. The molecule has 4 aromatic rings. The van der Waals surface area contributed by atoms with E-state index in [9.17, 15) is 4.79 Å². The van der Waals surface area contributed by atoms with Crippen molar-refractivity contribution in [3.8, 4) is 23.0 Å². The van der Waals surface area contributed by atoms with Crippen LogP contribution in [-0.4, -0.2) is 65.8 Å². The summed E-state index contributed by atoms with van der Waals surface area (Å²) in [4.78, 5) is 25.8. The van der Waals surface area contributed by atoms with Crippen molar-refractivity contribution in [2.24, 2.45) is 0 Å². The first kappa shape index (κ1) is 23.8. The molecule has 0 unspecified atom stereocenters. The van der Waals surface area contributed by atoms with Gasteiger partial charge in [-0.1, -0.05) is 0 Å². The highest BCUT2D eigenvalue weighted by atomic mass is 19.1. The van der Waals surface area contributed by atoms with Gasteiger partial charge in [0.15, 0.2) is 23.1 Å². The second-order valence-corrected chi connectivity index (χ2v) is 8.53. The summed E-state index contributed by atoms with van der Waals surface area (Å²) in [6.07, 6.45) is 3.91. The first-order valence-corrected chi connectivity index (χ1v) is 11.8. The van der Waals surface area contributed by atoms with Crippen LogP contribution in [0.2, 0.25) is 0 Å². The third kappa shape index (κ3) is 4.90. The first-order valence-electron chi connectivity index (χ1n) is 11.8. The summed E-state index contributed by atoms with van der Waals surface area (Å²) in [5, 5.41) is 0.998. The van der Waals surface area contributed by atoms with Gasteiger partial charge in [-0.15, -0.1) is 0 Å². The molecule has 0 bridgehead atoms. The molecule has 188 valence electrons. The number of H-pyrrole nitrogens is 1. The summed E-state index contributed by atoms with van der Waals surface area (Å²) in [5.74, 6) is 1.02. The quantitative estimate of drug-likeness (QED) is 0.363. The average molecular weight is 495 g/mol. The molecule has 1 saturated heterocycles. The van der Waals surface area contributed by atoms with Crippen molar-refractivity contribution >= 4 is 27.8 Å². The van der Waals surface area contributed by atoms with Crippen LogP contribution in [0.15, 0.2) is 36.7 Å². The molecule has 1 aliphatic heterocycles. The van der Waals surface area contributed by atoms with Crippen molar-refractivity contribution in [2.45, 2.75) is 19.8 Å².